The minimum absolute atomic E-state index is 0.664. The first-order valence-corrected chi connectivity index (χ1v) is 5.75. The van der Waals surface area contributed by atoms with Gasteiger partial charge >= 0.3 is 0 Å². The first-order valence-electron chi connectivity index (χ1n) is 4.84. The van der Waals surface area contributed by atoms with E-state index in [-0.39, 0.29) is 0 Å². The lowest BCUT2D eigenvalue weighted by Crippen LogP contribution is -2.04. The van der Waals surface area contributed by atoms with Crippen LogP contribution in [0.1, 0.15) is 36.4 Å². The van der Waals surface area contributed by atoms with Crippen LogP contribution in [-0.2, 0) is 0 Å². The number of hydrogen-bond donors (Lipinski definition) is 0. The SMILES string of the molecule is Cc1ccc(C2CCCC2Br)cn1. The zero-order valence-electron chi connectivity index (χ0n) is 7.83. The predicted octanol–water partition coefficient (Wildman–Crippen LogP) is 3.42. The van der Waals surface area contributed by atoms with E-state index in [1.54, 1.807) is 0 Å². The summed E-state index contributed by atoms with van der Waals surface area (Å²) in [4.78, 5) is 5.00. The molecule has 1 fully saturated rings. The van der Waals surface area contributed by atoms with E-state index >= 15 is 0 Å². The third-order valence-corrected chi connectivity index (χ3v) is 3.89. The lowest BCUT2D eigenvalue weighted by atomic mass is 9.99. The molecule has 1 aromatic rings. The minimum Gasteiger partial charge on any atom is -0.261 e. The first-order chi connectivity index (χ1) is 6.27. The number of aryl methyl sites for hydroxylation is 1. The largest absolute Gasteiger partial charge is 0.261 e. The molecule has 1 aliphatic carbocycles. The summed E-state index contributed by atoms with van der Waals surface area (Å²) in [5, 5.41) is 0. The number of rotatable bonds is 1. The van der Waals surface area contributed by atoms with Gasteiger partial charge in [0.2, 0.25) is 0 Å². The van der Waals surface area contributed by atoms with Crippen molar-refractivity contribution in [2.45, 2.75) is 36.9 Å². The van der Waals surface area contributed by atoms with E-state index in [9.17, 15) is 0 Å². The molecule has 2 heteroatoms. The smallest absolute Gasteiger partial charge is 0.0372 e. The Balaban J connectivity index is 2.20. The number of alkyl halides is 1. The predicted molar refractivity (Wildman–Crippen MR) is 58.3 cm³/mol. The van der Waals surface area contributed by atoms with Crippen LogP contribution in [0.2, 0.25) is 0 Å². The summed E-state index contributed by atoms with van der Waals surface area (Å²) in [6.07, 6.45) is 5.98. The maximum Gasteiger partial charge on any atom is 0.0372 e. The summed E-state index contributed by atoms with van der Waals surface area (Å²) in [6, 6.07) is 4.32. The van der Waals surface area contributed by atoms with Crippen LogP contribution in [0.3, 0.4) is 0 Å². The normalized spacial score (nSPS) is 27.8. The average molecular weight is 240 g/mol. The molecule has 13 heavy (non-hydrogen) atoms. The fourth-order valence-corrected chi connectivity index (χ4v) is 2.88. The van der Waals surface area contributed by atoms with Crippen LogP contribution in [0.4, 0.5) is 0 Å². The molecule has 0 radical (unpaired) electrons. The van der Waals surface area contributed by atoms with Crippen LogP contribution in [0, 0.1) is 6.92 Å². The van der Waals surface area contributed by atoms with Crippen molar-refractivity contribution in [2.24, 2.45) is 0 Å². The lowest BCUT2D eigenvalue weighted by molar-refractivity contribution is 0.737. The van der Waals surface area contributed by atoms with Gasteiger partial charge in [-0.2, -0.15) is 0 Å². The highest BCUT2D eigenvalue weighted by molar-refractivity contribution is 9.09. The summed E-state index contributed by atoms with van der Waals surface area (Å²) in [5.41, 5.74) is 2.50. The fourth-order valence-electron chi connectivity index (χ4n) is 1.99. The molecule has 1 saturated carbocycles. The Kier molecular flexibility index (Phi) is 2.68. The van der Waals surface area contributed by atoms with E-state index in [1.165, 1.54) is 24.8 Å². The van der Waals surface area contributed by atoms with Gasteiger partial charge in [-0.25, -0.2) is 0 Å². The third-order valence-electron chi connectivity index (χ3n) is 2.79. The molecule has 0 amide bonds. The Hall–Kier alpha value is -0.370. The van der Waals surface area contributed by atoms with Crippen molar-refractivity contribution in [3.8, 4) is 0 Å². The Morgan fingerprint density at radius 1 is 1.38 bits per heavy atom. The van der Waals surface area contributed by atoms with Gasteiger partial charge in [0.1, 0.15) is 0 Å². The zero-order valence-corrected chi connectivity index (χ0v) is 9.42. The number of pyridine rings is 1. The van der Waals surface area contributed by atoms with Crippen LogP contribution in [-0.4, -0.2) is 9.81 Å². The summed E-state index contributed by atoms with van der Waals surface area (Å²) < 4.78 is 0. The van der Waals surface area contributed by atoms with E-state index in [4.69, 9.17) is 0 Å². The molecule has 1 heterocycles. The molecule has 70 valence electrons. The first kappa shape index (κ1) is 9.20. The maximum absolute atomic E-state index is 4.34. The number of aromatic nitrogens is 1. The second kappa shape index (κ2) is 3.79. The van der Waals surface area contributed by atoms with E-state index in [0.29, 0.717) is 10.7 Å². The molecule has 1 nitrogen and oxygen atoms in total. The van der Waals surface area contributed by atoms with Crippen molar-refractivity contribution in [3.63, 3.8) is 0 Å². The summed E-state index contributed by atoms with van der Waals surface area (Å²) in [5.74, 6) is 0.688. The number of nitrogens with zero attached hydrogens (tertiary/aromatic N) is 1. The molecule has 2 unspecified atom stereocenters. The Labute approximate surface area is 87.7 Å². The molecule has 1 aromatic heterocycles. The quantitative estimate of drug-likeness (QED) is 0.685. The molecule has 0 bridgehead atoms. The van der Waals surface area contributed by atoms with Gasteiger partial charge < -0.3 is 0 Å². The highest BCUT2D eigenvalue weighted by Gasteiger charge is 2.26. The van der Waals surface area contributed by atoms with Gasteiger partial charge in [0.25, 0.3) is 0 Å². The maximum atomic E-state index is 4.34. The van der Waals surface area contributed by atoms with Crippen LogP contribution in [0.25, 0.3) is 0 Å². The standard InChI is InChI=1S/C11H14BrN/c1-8-5-6-9(7-13-8)10-3-2-4-11(10)12/h5-7,10-11H,2-4H2,1H3. The molecule has 2 atom stereocenters. The second-order valence-corrected chi connectivity index (χ2v) is 4.96. The molecular weight excluding hydrogens is 226 g/mol. The number of hydrogen-bond acceptors (Lipinski definition) is 1. The second-order valence-electron chi connectivity index (χ2n) is 3.79. The minimum atomic E-state index is 0.664. The van der Waals surface area contributed by atoms with Gasteiger partial charge in [-0.15, -0.1) is 0 Å². The molecule has 0 aromatic carbocycles. The van der Waals surface area contributed by atoms with E-state index < -0.39 is 0 Å². The van der Waals surface area contributed by atoms with Crippen molar-refractivity contribution in [1.29, 1.82) is 0 Å². The monoisotopic (exact) mass is 239 g/mol. The van der Waals surface area contributed by atoms with Crippen molar-refractivity contribution >= 4 is 15.9 Å². The average Bonchev–Trinajstić information content (AvgIpc) is 2.53. The number of halogens is 1. The molecular formula is C11H14BrN. The van der Waals surface area contributed by atoms with E-state index in [0.717, 1.165) is 5.69 Å². The van der Waals surface area contributed by atoms with Crippen LogP contribution in [0.15, 0.2) is 18.3 Å². The van der Waals surface area contributed by atoms with Gasteiger partial charge in [0.15, 0.2) is 0 Å². The Bertz CT molecular complexity index is 281. The fraction of sp³-hybridized carbons (Fsp3) is 0.545. The summed E-state index contributed by atoms with van der Waals surface area (Å²) in [7, 11) is 0. The zero-order chi connectivity index (χ0) is 9.26. The van der Waals surface area contributed by atoms with Gasteiger partial charge in [0, 0.05) is 16.7 Å². The Morgan fingerprint density at radius 2 is 2.23 bits per heavy atom. The van der Waals surface area contributed by atoms with Crippen molar-refractivity contribution in [1.82, 2.24) is 4.98 Å². The molecule has 1 aliphatic rings. The van der Waals surface area contributed by atoms with Crippen LogP contribution in [0.5, 0.6) is 0 Å². The molecule has 0 N–H and O–H groups in total. The molecule has 0 aliphatic heterocycles. The summed E-state index contributed by atoms with van der Waals surface area (Å²) in [6.45, 7) is 2.03. The highest BCUT2D eigenvalue weighted by Crippen LogP contribution is 2.38. The van der Waals surface area contributed by atoms with Gasteiger partial charge in [-0.05, 0) is 37.3 Å². The van der Waals surface area contributed by atoms with Gasteiger partial charge in [-0.1, -0.05) is 28.4 Å². The Morgan fingerprint density at radius 3 is 2.77 bits per heavy atom. The topological polar surface area (TPSA) is 12.9 Å². The summed E-state index contributed by atoms with van der Waals surface area (Å²) >= 11 is 3.73. The lowest BCUT2D eigenvalue weighted by Gasteiger charge is -2.13. The van der Waals surface area contributed by atoms with E-state index in [2.05, 4.69) is 33.0 Å². The van der Waals surface area contributed by atoms with Crippen LogP contribution >= 0.6 is 15.9 Å². The molecule has 0 spiro atoms. The van der Waals surface area contributed by atoms with E-state index in [1.807, 2.05) is 13.1 Å². The van der Waals surface area contributed by atoms with Gasteiger partial charge in [0.05, 0.1) is 0 Å². The van der Waals surface area contributed by atoms with Gasteiger partial charge in [-0.3, -0.25) is 4.98 Å². The highest BCUT2D eigenvalue weighted by atomic mass is 79.9. The third kappa shape index (κ3) is 1.93. The molecule has 2 rings (SSSR count). The van der Waals surface area contributed by atoms with Crippen molar-refractivity contribution < 1.29 is 0 Å². The van der Waals surface area contributed by atoms with Crippen molar-refractivity contribution in [3.05, 3.63) is 29.6 Å². The molecule has 0 saturated heterocycles. The van der Waals surface area contributed by atoms with Crippen LogP contribution < -0.4 is 0 Å². The van der Waals surface area contributed by atoms with Crippen molar-refractivity contribution in [2.75, 3.05) is 0 Å².